The number of aromatic nitrogens is 1. The Kier molecular flexibility index (Phi) is 7.55. The number of nitrogens with two attached hydrogens (primary N) is 1. The highest BCUT2D eigenvalue weighted by molar-refractivity contribution is 6.10. The zero-order valence-electron chi connectivity index (χ0n) is 20.8. The van der Waals surface area contributed by atoms with Crippen LogP contribution in [-0.4, -0.2) is 50.1 Å². The fourth-order valence-electron chi connectivity index (χ4n) is 4.52. The zero-order chi connectivity index (χ0) is 26.5. The van der Waals surface area contributed by atoms with Crippen molar-refractivity contribution in [3.05, 3.63) is 53.0 Å². The highest BCUT2D eigenvalue weighted by Gasteiger charge is 2.27. The van der Waals surface area contributed by atoms with E-state index in [1.807, 2.05) is 4.90 Å². The number of amides is 2. The Morgan fingerprint density at radius 3 is 2.54 bits per heavy atom. The number of ether oxygens (including phenoxy) is 2. The molecule has 0 unspecified atom stereocenters. The van der Waals surface area contributed by atoms with Crippen LogP contribution in [0.25, 0.3) is 10.9 Å². The molecule has 2 aromatic carbocycles. The molecule has 0 bridgehead atoms. The van der Waals surface area contributed by atoms with Gasteiger partial charge in [0.25, 0.3) is 11.8 Å². The maximum atomic E-state index is 15.6. The second-order valence-corrected chi connectivity index (χ2v) is 8.56. The summed E-state index contributed by atoms with van der Waals surface area (Å²) in [5.74, 6) is 10.7. The van der Waals surface area contributed by atoms with Gasteiger partial charge in [-0.3, -0.25) is 9.59 Å². The molecule has 1 saturated heterocycles. The van der Waals surface area contributed by atoms with Gasteiger partial charge >= 0.3 is 0 Å². The van der Waals surface area contributed by atoms with Crippen molar-refractivity contribution in [1.29, 1.82) is 0 Å². The number of nitrogens with zero attached hydrogens (tertiary/aromatic N) is 1. The number of hydrogen-bond donors (Lipinski definition) is 3. The molecular formula is C28H27FN4O4. The largest absolute Gasteiger partial charge is 0.497 e. The summed E-state index contributed by atoms with van der Waals surface area (Å²) in [5, 5.41) is 3.34. The Morgan fingerprint density at radius 1 is 1.16 bits per heavy atom. The van der Waals surface area contributed by atoms with E-state index in [1.165, 1.54) is 0 Å². The average Bonchev–Trinajstić information content (AvgIpc) is 3.30. The second kappa shape index (κ2) is 11.0. The van der Waals surface area contributed by atoms with Crippen LogP contribution in [0.4, 0.5) is 10.1 Å². The number of nitrogens with one attached hydrogen (secondary N) is 2. The minimum absolute atomic E-state index is 0.0347. The Morgan fingerprint density at radius 2 is 1.89 bits per heavy atom. The van der Waals surface area contributed by atoms with E-state index in [1.54, 1.807) is 45.5 Å². The van der Waals surface area contributed by atoms with E-state index in [0.717, 1.165) is 18.9 Å². The molecule has 37 heavy (non-hydrogen) atoms. The number of fused-ring (bicyclic) bond motifs is 1. The van der Waals surface area contributed by atoms with Crippen molar-refractivity contribution in [2.75, 3.05) is 32.2 Å². The molecule has 1 aliphatic heterocycles. The molecule has 0 saturated carbocycles. The number of carbonyl (C=O) groups is 2. The third kappa shape index (κ3) is 5.46. The average molecular weight is 503 g/mol. The summed E-state index contributed by atoms with van der Waals surface area (Å²) in [5.41, 5.74) is 7.43. The second-order valence-electron chi connectivity index (χ2n) is 8.56. The molecule has 2 amide bonds. The van der Waals surface area contributed by atoms with E-state index in [-0.39, 0.29) is 17.5 Å². The molecule has 1 aromatic heterocycles. The van der Waals surface area contributed by atoms with Gasteiger partial charge in [-0.2, -0.15) is 0 Å². The van der Waals surface area contributed by atoms with Gasteiger partial charge in [0, 0.05) is 42.3 Å². The van der Waals surface area contributed by atoms with Crippen LogP contribution in [0.2, 0.25) is 0 Å². The van der Waals surface area contributed by atoms with E-state index in [9.17, 15) is 9.59 Å². The summed E-state index contributed by atoms with van der Waals surface area (Å²) in [6.07, 6.45) is 3.11. The summed E-state index contributed by atoms with van der Waals surface area (Å²) in [6, 6.07) is 6.20. The van der Waals surface area contributed by atoms with Gasteiger partial charge in [-0.15, -0.1) is 0 Å². The summed E-state index contributed by atoms with van der Waals surface area (Å²) < 4.78 is 26.2. The van der Waals surface area contributed by atoms with Crippen molar-refractivity contribution < 1.29 is 23.5 Å². The molecule has 8 nitrogen and oxygen atoms in total. The van der Waals surface area contributed by atoms with Gasteiger partial charge in [0.1, 0.15) is 17.3 Å². The lowest BCUT2D eigenvalue weighted by Crippen LogP contribution is -2.47. The monoisotopic (exact) mass is 502 g/mol. The fraction of sp³-hybridized carbons (Fsp3) is 0.286. The number of hydrogen-bond acceptors (Lipinski definition) is 5. The predicted octanol–water partition coefficient (Wildman–Crippen LogP) is 2.93. The molecule has 0 aliphatic carbocycles. The number of primary amides is 1. The van der Waals surface area contributed by atoms with Crippen LogP contribution in [0.15, 0.2) is 30.5 Å². The summed E-state index contributed by atoms with van der Waals surface area (Å²) in [6.45, 7) is 2.54. The van der Waals surface area contributed by atoms with Gasteiger partial charge < -0.3 is 30.4 Å². The molecule has 4 rings (SSSR count). The summed E-state index contributed by atoms with van der Waals surface area (Å²) in [7, 11) is 3.10. The predicted molar refractivity (Wildman–Crippen MR) is 139 cm³/mol. The lowest BCUT2D eigenvalue weighted by atomic mass is 10.0. The first-order valence-corrected chi connectivity index (χ1v) is 11.7. The van der Waals surface area contributed by atoms with Crippen molar-refractivity contribution in [3.8, 4) is 35.2 Å². The molecular weight excluding hydrogens is 475 g/mol. The van der Waals surface area contributed by atoms with Gasteiger partial charge in [-0.1, -0.05) is 17.8 Å². The van der Waals surface area contributed by atoms with Crippen molar-refractivity contribution in [2.45, 2.75) is 25.8 Å². The first-order chi connectivity index (χ1) is 17.8. The maximum absolute atomic E-state index is 15.6. The number of carbonyl (C=O) groups excluding carboxylic acids is 2. The number of anilines is 1. The van der Waals surface area contributed by atoms with Crippen LogP contribution in [-0.2, 0) is 4.79 Å². The summed E-state index contributed by atoms with van der Waals surface area (Å²) in [4.78, 5) is 29.0. The van der Waals surface area contributed by atoms with E-state index in [0.29, 0.717) is 52.3 Å². The number of rotatable bonds is 5. The van der Waals surface area contributed by atoms with E-state index >= 15 is 4.39 Å². The molecule has 4 N–H and O–H groups in total. The molecule has 190 valence electrons. The first-order valence-electron chi connectivity index (χ1n) is 11.7. The minimum Gasteiger partial charge on any atom is -0.497 e. The number of aromatic amines is 1. The van der Waals surface area contributed by atoms with Gasteiger partial charge in [0.05, 0.1) is 36.6 Å². The van der Waals surface area contributed by atoms with Crippen LogP contribution in [0.5, 0.6) is 11.5 Å². The van der Waals surface area contributed by atoms with Crippen LogP contribution in [0.3, 0.4) is 0 Å². The molecule has 0 radical (unpaired) electrons. The van der Waals surface area contributed by atoms with Crippen molar-refractivity contribution >= 4 is 28.4 Å². The molecule has 1 fully saturated rings. The normalized spacial score (nSPS) is 14.7. The van der Waals surface area contributed by atoms with E-state index in [4.69, 9.17) is 15.2 Å². The quantitative estimate of drug-likeness (QED) is 0.465. The smallest absolute Gasteiger partial charge is 0.296 e. The van der Waals surface area contributed by atoms with Crippen LogP contribution in [0.1, 0.15) is 41.3 Å². The highest BCUT2D eigenvalue weighted by atomic mass is 19.1. The van der Waals surface area contributed by atoms with Crippen molar-refractivity contribution in [1.82, 2.24) is 10.3 Å². The number of benzene rings is 2. The number of piperidine rings is 1. The Hall–Kier alpha value is -4.63. The van der Waals surface area contributed by atoms with Gasteiger partial charge in [0.15, 0.2) is 0 Å². The Labute approximate surface area is 214 Å². The summed E-state index contributed by atoms with van der Waals surface area (Å²) >= 11 is 0. The number of methoxy groups -OCH3 is 2. The van der Waals surface area contributed by atoms with E-state index in [2.05, 4.69) is 34.0 Å². The molecule has 2 heterocycles. The SMILES string of the molecule is CC#CC(=O)N[C@H]1CCCN(c2c(F)cc(C(N)=O)c3[nH]cc(C#Cc4cc(OC)cc(OC)c4)c23)C1. The van der Waals surface area contributed by atoms with Crippen molar-refractivity contribution in [2.24, 2.45) is 5.73 Å². The van der Waals surface area contributed by atoms with Gasteiger partial charge in [0.2, 0.25) is 0 Å². The first kappa shape index (κ1) is 25.5. The molecule has 9 heteroatoms. The Balaban J connectivity index is 1.80. The molecule has 1 atom stereocenters. The topological polar surface area (TPSA) is 110 Å². The van der Waals surface area contributed by atoms with Crippen LogP contribution < -0.4 is 25.4 Å². The third-order valence-corrected chi connectivity index (χ3v) is 6.15. The highest BCUT2D eigenvalue weighted by Crippen LogP contribution is 2.36. The van der Waals surface area contributed by atoms with Crippen LogP contribution in [0, 0.1) is 29.5 Å². The minimum atomic E-state index is -0.753. The van der Waals surface area contributed by atoms with Gasteiger partial charge in [-0.05, 0) is 43.9 Å². The third-order valence-electron chi connectivity index (χ3n) is 6.15. The molecule has 1 aliphatic rings. The maximum Gasteiger partial charge on any atom is 0.296 e. The Bertz CT molecular complexity index is 1470. The zero-order valence-corrected chi connectivity index (χ0v) is 20.8. The van der Waals surface area contributed by atoms with Gasteiger partial charge in [-0.25, -0.2) is 4.39 Å². The lowest BCUT2D eigenvalue weighted by Gasteiger charge is -2.35. The van der Waals surface area contributed by atoms with Crippen LogP contribution >= 0.6 is 0 Å². The lowest BCUT2D eigenvalue weighted by molar-refractivity contribution is -0.116. The standard InChI is InChI=1S/C28H27FN4O4/c1-4-6-24(34)32-19-7-5-10-33(16-19)27-23(29)14-22(28(30)35)26-25(27)18(15-31-26)9-8-17-11-20(36-2)13-21(12-17)37-3/h11-15,19,31H,5,7,10,16H2,1-3H3,(H2,30,35)(H,32,34)/t19-/m0/s1. The molecule has 0 spiro atoms. The molecule has 3 aromatic rings. The number of halogens is 1. The van der Waals surface area contributed by atoms with Crippen molar-refractivity contribution in [3.63, 3.8) is 0 Å². The number of H-pyrrole nitrogens is 1. The fourth-order valence-corrected chi connectivity index (χ4v) is 4.52. The van der Waals surface area contributed by atoms with E-state index < -0.39 is 11.7 Å².